The van der Waals surface area contributed by atoms with E-state index >= 15 is 0 Å². The van der Waals surface area contributed by atoms with Crippen LogP contribution in [0.3, 0.4) is 0 Å². The van der Waals surface area contributed by atoms with E-state index in [4.69, 9.17) is 4.74 Å². The number of urea groups is 1. The molecule has 26 heavy (non-hydrogen) atoms. The molecule has 2 fully saturated rings. The van der Waals surface area contributed by atoms with Crippen molar-refractivity contribution in [3.8, 4) is 0 Å². The molecule has 0 aliphatic carbocycles. The van der Waals surface area contributed by atoms with Crippen molar-refractivity contribution < 1.29 is 14.3 Å². The monoisotopic (exact) mass is 355 g/mol. The highest BCUT2D eigenvalue weighted by atomic mass is 16.5. The minimum absolute atomic E-state index is 0.0124. The van der Waals surface area contributed by atoms with Gasteiger partial charge in [-0.2, -0.15) is 0 Å². The van der Waals surface area contributed by atoms with Gasteiger partial charge in [-0.15, -0.1) is 0 Å². The first-order chi connectivity index (χ1) is 12.7. The Labute approximate surface area is 151 Å². The van der Waals surface area contributed by atoms with Crippen LogP contribution in [0.2, 0.25) is 0 Å². The molecule has 8 heteroatoms. The minimum atomic E-state index is -0.133. The van der Waals surface area contributed by atoms with Crippen molar-refractivity contribution in [2.24, 2.45) is 0 Å². The summed E-state index contributed by atoms with van der Waals surface area (Å²) in [4.78, 5) is 35.7. The summed E-state index contributed by atoms with van der Waals surface area (Å²) in [5, 5.41) is 2.77. The highest BCUT2D eigenvalue weighted by Crippen LogP contribution is 2.33. The first kappa shape index (κ1) is 16.6. The molecule has 2 aromatic rings. The molecule has 2 aliphatic heterocycles. The number of hydrogen-bond acceptors (Lipinski definition) is 4. The predicted molar refractivity (Wildman–Crippen MR) is 95.0 cm³/mol. The van der Waals surface area contributed by atoms with Crippen molar-refractivity contribution >= 4 is 17.6 Å². The van der Waals surface area contributed by atoms with Gasteiger partial charge in [-0.25, -0.2) is 9.78 Å². The number of aromatic nitrogens is 2. The Bertz CT molecular complexity index is 790. The van der Waals surface area contributed by atoms with Crippen LogP contribution < -0.4 is 10.2 Å². The molecule has 4 rings (SSSR count). The van der Waals surface area contributed by atoms with E-state index in [0.717, 1.165) is 11.5 Å². The number of benzene rings is 1. The van der Waals surface area contributed by atoms with Crippen LogP contribution in [0, 0.1) is 0 Å². The van der Waals surface area contributed by atoms with Gasteiger partial charge in [-0.3, -0.25) is 9.69 Å². The largest absolute Gasteiger partial charge is 0.380 e. The van der Waals surface area contributed by atoms with Gasteiger partial charge in [0.05, 0.1) is 12.1 Å². The van der Waals surface area contributed by atoms with Crippen molar-refractivity contribution in [2.45, 2.75) is 18.6 Å². The fraction of sp³-hybridized carbons (Fsp3) is 0.389. The van der Waals surface area contributed by atoms with Gasteiger partial charge in [0.2, 0.25) is 0 Å². The zero-order valence-electron chi connectivity index (χ0n) is 14.5. The van der Waals surface area contributed by atoms with Gasteiger partial charge in [-0.1, -0.05) is 0 Å². The minimum Gasteiger partial charge on any atom is -0.380 e. The van der Waals surface area contributed by atoms with Crippen LogP contribution in [-0.2, 0) is 4.74 Å². The number of imidazole rings is 1. The molecule has 0 saturated carbocycles. The van der Waals surface area contributed by atoms with Crippen molar-refractivity contribution in [2.75, 3.05) is 31.6 Å². The lowest BCUT2D eigenvalue weighted by Crippen LogP contribution is -2.32. The molecule has 2 atom stereocenters. The van der Waals surface area contributed by atoms with Crippen molar-refractivity contribution in [3.63, 3.8) is 0 Å². The Morgan fingerprint density at radius 3 is 2.73 bits per heavy atom. The molecule has 1 aromatic carbocycles. The highest BCUT2D eigenvalue weighted by Gasteiger charge is 2.38. The van der Waals surface area contributed by atoms with Gasteiger partial charge in [0.15, 0.2) is 0 Å². The lowest BCUT2D eigenvalue weighted by Gasteiger charge is -2.23. The van der Waals surface area contributed by atoms with E-state index in [2.05, 4.69) is 15.3 Å². The average Bonchev–Trinajstić information content (AvgIpc) is 3.41. The maximum atomic E-state index is 13.0. The lowest BCUT2D eigenvalue weighted by molar-refractivity contribution is 0.0684. The number of carbonyl (C=O) groups is 2. The van der Waals surface area contributed by atoms with E-state index in [9.17, 15) is 9.59 Å². The lowest BCUT2D eigenvalue weighted by atomic mass is 10.1. The van der Waals surface area contributed by atoms with Gasteiger partial charge < -0.3 is 19.9 Å². The number of nitrogens with zero attached hydrogens (tertiary/aromatic N) is 3. The number of rotatable bonds is 4. The van der Waals surface area contributed by atoms with Crippen LogP contribution in [0.5, 0.6) is 0 Å². The zero-order valence-corrected chi connectivity index (χ0v) is 14.5. The molecule has 8 nitrogen and oxygen atoms in total. The fourth-order valence-electron chi connectivity index (χ4n) is 3.58. The topological polar surface area (TPSA) is 90.6 Å². The molecule has 0 spiro atoms. The van der Waals surface area contributed by atoms with Gasteiger partial charge in [0, 0.05) is 56.8 Å². The van der Waals surface area contributed by atoms with Crippen molar-refractivity contribution in [3.05, 3.63) is 48.0 Å². The van der Waals surface area contributed by atoms with Crippen LogP contribution in [-0.4, -0.2) is 59.7 Å². The summed E-state index contributed by atoms with van der Waals surface area (Å²) in [5.74, 6) is 0.701. The van der Waals surface area contributed by atoms with Crippen molar-refractivity contribution in [1.29, 1.82) is 0 Å². The summed E-state index contributed by atoms with van der Waals surface area (Å²) in [6.45, 7) is 1.79. The van der Waals surface area contributed by atoms with Gasteiger partial charge in [0.1, 0.15) is 5.82 Å². The molecule has 2 N–H and O–H groups in total. The third-order valence-electron chi connectivity index (χ3n) is 4.97. The number of anilines is 1. The third-order valence-corrected chi connectivity index (χ3v) is 4.97. The van der Waals surface area contributed by atoms with E-state index in [1.165, 1.54) is 0 Å². The summed E-state index contributed by atoms with van der Waals surface area (Å²) in [7, 11) is 1.66. The van der Waals surface area contributed by atoms with Crippen LogP contribution in [0.25, 0.3) is 0 Å². The molecule has 2 saturated heterocycles. The molecule has 136 valence electrons. The van der Waals surface area contributed by atoms with Gasteiger partial charge >= 0.3 is 6.03 Å². The van der Waals surface area contributed by atoms with Crippen molar-refractivity contribution in [1.82, 2.24) is 20.2 Å². The summed E-state index contributed by atoms with van der Waals surface area (Å²) in [6, 6.07) is 6.91. The quantitative estimate of drug-likeness (QED) is 0.870. The Balaban J connectivity index is 1.55. The molecular formula is C18H21N5O3. The number of carbonyl (C=O) groups excluding carboxylic acids is 2. The maximum absolute atomic E-state index is 13.0. The number of nitrogens with one attached hydrogen (secondary N) is 2. The number of likely N-dealkylation sites (tertiary alicyclic amines) is 1. The number of aromatic amines is 1. The summed E-state index contributed by atoms with van der Waals surface area (Å²) >= 11 is 0. The number of methoxy groups -OCH3 is 1. The molecule has 3 heterocycles. The van der Waals surface area contributed by atoms with Gasteiger partial charge in [0.25, 0.3) is 5.91 Å². The molecular weight excluding hydrogens is 334 g/mol. The number of hydrogen-bond donors (Lipinski definition) is 2. The molecule has 1 aromatic heterocycles. The van der Waals surface area contributed by atoms with E-state index in [-0.39, 0.29) is 24.1 Å². The third kappa shape index (κ3) is 2.92. The van der Waals surface area contributed by atoms with E-state index in [1.807, 2.05) is 12.1 Å². The molecule has 2 aliphatic rings. The number of H-pyrrole nitrogens is 1. The second-order valence-corrected chi connectivity index (χ2v) is 6.47. The maximum Gasteiger partial charge on any atom is 0.321 e. The van der Waals surface area contributed by atoms with Crippen LogP contribution in [0.4, 0.5) is 10.5 Å². The van der Waals surface area contributed by atoms with Crippen LogP contribution in [0.1, 0.15) is 28.6 Å². The first-order valence-electron chi connectivity index (χ1n) is 8.66. The standard InChI is InChI=1S/C18H21N5O3/c1-26-14-10-15(16-19-6-7-20-16)23(11-14)17(24)12-2-4-13(5-3-12)22-9-8-21-18(22)25/h2-7,14-15H,8-11H2,1H3,(H,19,20)(H,21,25)/t14-,15?/m1/s1. The van der Waals surface area contributed by atoms with E-state index < -0.39 is 0 Å². The summed E-state index contributed by atoms with van der Waals surface area (Å²) in [5.41, 5.74) is 1.37. The summed E-state index contributed by atoms with van der Waals surface area (Å²) < 4.78 is 5.47. The second-order valence-electron chi connectivity index (χ2n) is 6.47. The normalized spacial score (nSPS) is 22.7. The summed E-state index contributed by atoms with van der Waals surface area (Å²) in [6.07, 6.45) is 4.14. The Hall–Kier alpha value is -2.87. The fourth-order valence-corrected chi connectivity index (χ4v) is 3.58. The molecule has 0 bridgehead atoms. The SMILES string of the molecule is CO[C@@H]1CC(c2ncc[nH]2)N(C(=O)c2ccc(N3CCNC3=O)cc2)C1. The van der Waals surface area contributed by atoms with Gasteiger partial charge in [-0.05, 0) is 24.3 Å². The number of ether oxygens (including phenoxy) is 1. The molecule has 1 unspecified atom stereocenters. The number of amides is 3. The average molecular weight is 355 g/mol. The molecule has 0 radical (unpaired) electrons. The van der Waals surface area contributed by atoms with Crippen LogP contribution in [0.15, 0.2) is 36.7 Å². The van der Waals surface area contributed by atoms with Crippen LogP contribution >= 0.6 is 0 Å². The smallest absolute Gasteiger partial charge is 0.321 e. The Kier molecular flexibility index (Phi) is 4.34. The van der Waals surface area contributed by atoms with E-state index in [0.29, 0.717) is 31.6 Å². The first-order valence-corrected chi connectivity index (χ1v) is 8.66. The zero-order chi connectivity index (χ0) is 18.1. The Morgan fingerprint density at radius 2 is 2.12 bits per heavy atom. The highest BCUT2D eigenvalue weighted by molar-refractivity contribution is 5.97. The second kappa shape index (κ2) is 6.80. The predicted octanol–water partition coefficient (Wildman–Crippen LogP) is 1.54. The molecule has 3 amide bonds. The Morgan fingerprint density at radius 1 is 1.31 bits per heavy atom. The van der Waals surface area contributed by atoms with E-state index in [1.54, 1.807) is 41.4 Å².